The number of nitrogens with one attached hydrogen (secondary N) is 3. The maximum Gasteiger partial charge on any atom is 0.261 e. The molecule has 4 rings (SSSR count). The average molecular weight is 496 g/mol. The van der Waals surface area contributed by atoms with Gasteiger partial charge < -0.3 is 29.8 Å². The molecule has 0 radical (unpaired) electrons. The first-order valence-corrected chi connectivity index (χ1v) is 10.8. The first kappa shape index (κ1) is 24.6. The molecule has 0 aliphatic rings. The number of rotatable bonds is 9. The summed E-state index contributed by atoms with van der Waals surface area (Å²) >= 11 is 0. The minimum absolute atomic E-state index is 0.130. The highest BCUT2D eigenvalue weighted by atomic mass is 19.1. The molecule has 36 heavy (non-hydrogen) atoms. The fraction of sp³-hybridized carbons (Fsp3) is 0.160. The largest absolute Gasteiger partial charge is 0.493 e. The Kier molecular flexibility index (Phi) is 7.40. The molecule has 186 valence electrons. The number of anilines is 1. The number of amides is 1. The van der Waals surface area contributed by atoms with Crippen molar-refractivity contribution in [1.29, 1.82) is 0 Å². The molecule has 2 heterocycles. The van der Waals surface area contributed by atoms with Crippen molar-refractivity contribution < 1.29 is 27.8 Å². The van der Waals surface area contributed by atoms with E-state index in [4.69, 9.17) is 14.2 Å². The van der Waals surface area contributed by atoms with Crippen LogP contribution in [0.2, 0.25) is 0 Å². The maximum absolute atomic E-state index is 14.9. The number of aromatic nitrogens is 2. The lowest BCUT2D eigenvalue weighted by Crippen LogP contribution is -2.21. The third kappa shape index (κ3) is 5.26. The van der Waals surface area contributed by atoms with Gasteiger partial charge in [0.15, 0.2) is 34.3 Å². The third-order valence-corrected chi connectivity index (χ3v) is 5.13. The predicted octanol–water partition coefficient (Wildman–Crippen LogP) is 3.85. The highest BCUT2D eigenvalue weighted by molar-refractivity contribution is 6.04. The Bertz CT molecular complexity index is 1450. The number of nitrogens with zero attached hydrogens (tertiary/aromatic N) is 1. The van der Waals surface area contributed by atoms with Gasteiger partial charge in [-0.3, -0.25) is 14.6 Å². The molecule has 0 atom stereocenters. The van der Waals surface area contributed by atoms with Gasteiger partial charge in [-0.1, -0.05) is 0 Å². The zero-order valence-corrected chi connectivity index (χ0v) is 19.4. The van der Waals surface area contributed by atoms with Gasteiger partial charge in [0.1, 0.15) is 17.9 Å². The molecule has 1 amide bonds. The Balaban J connectivity index is 1.62. The van der Waals surface area contributed by atoms with E-state index in [1.165, 1.54) is 37.8 Å². The number of carbonyl (C=O) groups is 1. The van der Waals surface area contributed by atoms with E-state index in [-0.39, 0.29) is 17.0 Å². The van der Waals surface area contributed by atoms with Crippen LogP contribution in [0.5, 0.6) is 23.0 Å². The van der Waals surface area contributed by atoms with E-state index in [0.717, 1.165) is 12.1 Å². The summed E-state index contributed by atoms with van der Waals surface area (Å²) in [7, 11) is 3.27. The van der Waals surface area contributed by atoms with Gasteiger partial charge in [-0.15, -0.1) is 0 Å². The van der Waals surface area contributed by atoms with Gasteiger partial charge in [0, 0.05) is 60.5 Å². The Morgan fingerprint density at radius 1 is 1.08 bits per heavy atom. The van der Waals surface area contributed by atoms with E-state index in [1.54, 1.807) is 19.2 Å². The number of hydrogen-bond acceptors (Lipinski definition) is 7. The highest BCUT2D eigenvalue weighted by Gasteiger charge is 2.19. The van der Waals surface area contributed by atoms with Crippen LogP contribution < -0.4 is 30.3 Å². The summed E-state index contributed by atoms with van der Waals surface area (Å²) in [5, 5.41) is 5.72. The van der Waals surface area contributed by atoms with Crippen molar-refractivity contribution in [2.45, 2.75) is 0 Å². The molecule has 0 aliphatic heterocycles. The minimum atomic E-state index is -1.06. The van der Waals surface area contributed by atoms with Crippen LogP contribution in [0.1, 0.15) is 10.4 Å². The quantitative estimate of drug-likeness (QED) is 0.302. The summed E-state index contributed by atoms with van der Waals surface area (Å²) in [5.74, 6) is -2.63. The lowest BCUT2D eigenvalue weighted by molar-refractivity contribution is 0.102. The zero-order valence-electron chi connectivity index (χ0n) is 19.4. The van der Waals surface area contributed by atoms with Crippen LogP contribution in [-0.4, -0.2) is 43.2 Å². The van der Waals surface area contributed by atoms with Gasteiger partial charge in [-0.2, -0.15) is 0 Å². The molecule has 0 saturated heterocycles. The van der Waals surface area contributed by atoms with Crippen LogP contribution in [0.25, 0.3) is 10.9 Å². The van der Waals surface area contributed by atoms with Crippen LogP contribution >= 0.6 is 0 Å². The Morgan fingerprint density at radius 3 is 2.56 bits per heavy atom. The molecule has 11 heteroatoms. The molecular weight excluding hydrogens is 474 g/mol. The smallest absolute Gasteiger partial charge is 0.261 e. The molecule has 2 aromatic heterocycles. The summed E-state index contributed by atoms with van der Waals surface area (Å²) in [6.45, 7) is 1.02. The molecule has 4 aromatic rings. The molecule has 0 spiro atoms. The van der Waals surface area contributed by atoms with Crippen LogP contribution in [0.3, 0.4) is 0 Å². The van der Waals surface area contributed by atoms with Crippen LogP contribution in [0.4, 0.5) is 14.5 Å². The molecule has 3 N–H and O–H groups in total. The second-order valence-corrected chi connectivity index (χ2v) is 7.53. The van der Waals surface area contributed by atoms with Crippen LogP contribution in [0.15, 0.2) is 59.8 Å². The minimum Gasteiger partial charge on any atom is -0.493 e. The van der Waals surface area contributed by atoms with Crippen molar-refractivity contribution in [3.63, 3.8) is 0 Å². The molecule has 0 aliphatic carbocycles. The first-order chi connectivity index (χ1) is 17.4. The van der Waals surface area contributed by atoms with Crippen molar-refractivity contribution >= 4 is 22.5 Å². The van der Waals surface area contributed by atoms with E-state index < -0.39 is 28.7 Å². The van der Waals surface area contributed by atoms with Gasteiger partial charge in [0.25, 0.3) is 5.91 Å². The van der Waals surface area contributed by atoms with E-state index >= 15 is 0 Å². The van der Waals surface area contributed by atoms with Crippen molar-refractivity contribution in [2.75, 3.05) is 32.6 Å². The number of pyridine rings is 2. The SMILES string of the molecule is CNCCOc1cc2nccc(Oc3c(F)cc(NC(=O)c4c[nH]ccc4=O)cc3F)c2cc1OC. The second kappa shape index (κ2) is 10.8. The number of H-pyrrole nitrogens is 1. The predicted molar refractivity (Wildman–Crippen MR) is 129 cm³/mol. The number of hydrogen-bond donors (Lipinski definition) is 3. The summed E-state index contributed by atoms with van der Waals surface area (Å²) < 4.78 is 46.4. The van der Waals surface area contributed by atoms with Gasteiger partial charge >= 0.3 is 0 Å². The summed E-state index contributed by atoms with van der Waals surface area (Å²) in [5.41, 5.74) is -0.464. The lowest BCUT2D eigenvalue weighted by atomic mass is 10.1. The number of benzene rings is 2. The maximum atomic E-state index is 14.9. The van der Waals surface area contributed by atoms with Crippen molar-refractivity contribution in [1.82, 2.24) is 15.3 Å². The number of methoxy groups -OCH3 is 1. The number of aromatic amines is 1. The standard InChI is InChI=1S/C25H22F2N4O5/c1-28-7-8-35-23-12-19-15(11-22(23)34-2)21(4-6-30-19)36-24-17(26)9-14(10-18(24)27)31-25(33)16-13-29-5-3-20(16)32/h3-6,9-13,28H,7-8H2,1-2H3,(H,29,32)(H,31,33). The third-order valence-electron chi connectivity index (χ3n) is 5.13. The monoisotopic (exact) mass is 496 g/mol. The van der Waals surface area contributed by atoms with E-state index in [2.05, 4.69) is 20.6 Å². The molecule has 9 nitrogen and oxygen atoms in total. The van der Waals surface area contributed by atoms with Crippen LogP contribution in [-0.2, 0) is 0 Å². The summed E-state index contributed by atoms with van der Waals surface area (Å²) in [4.78, 5) is 31.0. The number of likely N-dealkylation sites (N-methyl/N-ethyl adjacent to an activating group) is 1. The number of fused-ring (bicyclic) bond motifs is 1. The average Bonchev–Trinajstić information content (AvgIpc) is 2.86. The fourth-order valence-electron chi connectivity index (χ4n) is 3.38. The van der Waals surface area contributed by atoms with E-state index in [0.29, 0.717) is 35.6 Å². The summed E-state index contributed by atoms with van der Waals surface area (Å²) in [6.07, 6.45) is 3.99. The highest BCUT2D eigenvalue weighted by Crippen LogP contribution is 2.38. The van der Waals surface area contributed by atoms with Crippen LogP contribution in [0, 0.1) is 11.6 Å². The number of carbonyl (C=O) groups excluding carboxylic acids is 1. The lowest BCUT2D eigenvalue weighted by Gasteiger charge is -2.15. The molecule has 2 aromatic carbocycles. The molecule has 0 bridgehead atoms. The first-order valence-electron chi connectivity index (χ1n) is 10.8. The van der Waals surface area contributed by atoms with Gasteiger partial charge in [-0.25, -0.2) is 8.78 Å². The van der Waals surface area contributed by atoms with Gasteiger partial charge in [-0.05, 0) is 19.2 Å². The molecule has 0 unspecified atom stereocenters. The van der Waals surface area contributed by atoms with Crippen molar-refractivity contribution in [3.8, 4) is 23.0 Å². The van der Waals surface area contributed by atoms with Crippen molar-refractivity contribution in [3.05, 3.63) is 82.4 Å². The Morgan fingerprint density at radius 2 is 1.86 bits per heavy atom. The summed E-state index contributed by atoms with van der Waals surface area (Å²) in [6, 6.07) is 7.66. The number of halogens is 2. The Hall–Kier alpha value is -4.51. The van der Waals surface area contributed by atoms with Crippen molar-refractivity contribution in [2.24, 2.45) is 0 Å². The molecule has 0 saturated carbocycles. The normalized spacial score (nSPS) is 10.8. The number of ether oxygens (including phenoxy) is 3. The van der Waals surface area contributed by atoms with E-state index in [9.17, 15) is 18.4 Å². The van der Waals surface area contributed by atoms with Gasteiger partial charge in [0.05, 0.1) is 12.6 Å². The fourth-order valence-corrected chi connectivity index (χ4v) is 3.38. The molecular formula is C25H22F2N4O5. The Labute approximate surface area is 204 Å². The zero-order chi connectivity index (χ0) is 25.7. The topological polar surface area (TPSA) is 115 Å². The van der Waals surface area contributed by atoms with E-state index in [1.807, 2.05) is 0 Å². The second-order valence-electron chi connectivity index (χ2n) is 7.53. The molecule has 0 fully saturated rings. The van der Waals surface area contributed by atoms with Gasteiger partial charge in [0.2, 0.25) is 0 Å².